The maximum Gasteiger partial charge on any atom is 0.211 e. The van der Waals surface area contributed by atoms with Crippen molar-refractivity contribution >= 4 is 10.0 Å². The number of nitrogens with one attached hydrogen (secondary N) is 2. The van der Waals surface area contributed by atoms with Crippen LogP contribution in [0.4, 0.5) is 0 Å². The van der Waals surface area contributed by atoms with E-state index in [4.69, 9.17) is 0 Å². The molecular weight excluding hydrogens is 286 g/mol. The maximum atomic E-state index is 11.6. The molecule has 0 aromatic heterocycles. The Morgan fingerprint density at radius 3 is 2.57 bits per heavy atom. The highest BCUT2D eigenvalue weighted by atomic mass is 32.2. The summed E-state index contributed by atoms with van der Waals surface area (Å²) in [4.78, 5) is 2.62. The van der Waals surface area contributed by atoms with Gasteiger partial charge in [0, 0.05) is 12.6 Å². The SMILES string of the molecule is CCS(=O)(=O)NC1CC2(CCN(CC3CCNC3)CC2)C1. The average molecular weight is 315 g/mol. The summed E-state index contributed by atoms with van der Waals surface area (Å²) in [5.41, 5.74) is 0.436. The number of hydrogen-bond donors (Lipinski definition) is 2. The first-order valence-electron chi connectivity index (χ1n) is 8.43. The number of rotatable bonds is 5. The molecule has 2 heterocycles. The predicted molar refractivity (Wildman–Crippen MR) is 84.7 cm³/mol. The molecule has 1 unspecified atom stereocenters. The largest absolute Gasteiger partial charge is 0.316 e. The molecule has 1 atom stereocenters. The smallest absolute Gasteiger partial charge is 0.211 e. The first kappa shape index (κ1) is 15.7. The molecule has 0 aromatic carbocycles. The molecule has 6 heteroatoms. The summed E-state index contributed by atoms with van der Waals surface area (Å²) >= 11 is 0. The van der Waals surface area contributed by atoms with Crippen molar-refractivity contribution in [3.05, 3.63) is 0 Å². The summed E-state index contributed by atoms with van der Waals surface area (Å²) in [7, 11) is -3.03. The van der Waals surface area contributed by atoms with E-state index in [1.807, 2.05) is 0 Å². The predicted octanol–water partition coefficient (Wildman–Crippen LogP) is 0.780. The van der Waals surface area contributed by atoms with Crippen LogP contribution in [0.5, 0.6) is 0 Å². The van der Waals surface area contributed by atoms with Crippen molar-refractivity contribution in [2.75, 3.05) is 38.5 Å². The van der Waals surface area contributed by atoms with Gasteiger partial charge in [-0.25, -0.2) is 13.1 Å². The number of likely N-dealkylation sites (tertiary alicyclic amines) is 1. The Balaban J connectivity index is 1.40. The Morgan fingerprint density at radius 1 is 1.29 bits per heavy atom. The van der Waals surface area contributed by atoms with Crippen molar-refractivity contribution in [3.8, 4) is 0 Å². The molecule has 1 aliphatic carbocycles. The molecule has 2 N–H and O–H groups in total. The van der Waals surface area contributed by atoms with E-state index in [1.165, 1.54) is 52.0 Å². The lowest BCUT2D eigenvalue weighted by Crippen LogP contribution is -2.55. The van der Waals surface area contributed by atoms with Crippen LogP contribution in [0.2, 0.25) is 0 Å². The van der Waals surface area contributed by atoms with Crippen LogP contribution < -0.4 is 10.0 Å². The quantitative estimate of drug-likeness (QED) is 0.787. The second kappa shape index (κ2) is 6.14. The van der Waals surface area contributed by atoms with Gasteiger partial charge in [-0.05, 0) is 76.5 Å². The van der Waals surface area contributed by atoms with Gasteiger partial charge in [0.2, 0.25) is 10.0 Å². The highest BCUT2D eigenvalue weighted by molar-refractivity contribution is 7.89. The van der Waals surface area contributed by atoms with Crippen molar-refractivity contribution in [2.45, 2.75) is 45.1 Å². The zero-order chi connectivity index (χ0) is 14.9. The summed E-state index contributed by atoms with van der Waals surface area (Å²) in [5, 5.41) is 3.44. The van der Waals surface area contributed by atoms with Crippen molar-refractivity contribution in [1.82, 2.24) is 14.9 Å². The van der Waals surface area contributed by atoms with Gasteiger partial charge < -0.3 is 10.2 Å². The van der Waals surface area contributed by atoms with Gasteiger partial charge in [0.05, 0.1) is 5.75 Å². The molecule has 2 aliphatic heterocycles. The van der Waals surface area contributed by atoms with Gasteiger partial charge in [0.25, 0.3) is 0 Å². The minimum absolute atomic E-state index is 0.194. The second-order valence-electron chi connectivity index (χ2n) is 7.29. The average Bonchev–Trinajstić information content (AvgIpc) is 2.92. The third kappa shape index (κ3) is 3.78. The monoisotopic (exact) mass is 315 g/mol. The molecule has 3 rings (SSSR count). The molecule has 3 aliphatic rings. The first-order valence-corrected chi connectivity index (χ1v) is 10.1. The molecule has 0 radical (unpaired) electrons. The van der Waals surface area contributed by atoms with Gasteiger partial charge in [-0.1, -0.05) is 0 Å². The minimum Gasteiger partial charge on any atom is -0.316 e. The molecule has 0 aromatic rings. The third-order valence-electron chi connectivity index (χ3n) is 5.68. The van der Waals surface area contributed by atoms with Crippen LogP contribution >= 0.6 is 0 Å². The Morgan fingerprint density at radius 2 is 2.00 bits per heavy atom. The van der Waals surface area contributed by atoms with Crippen LogP contribution in [0.25, 0.3) is 0 Å². The molecule has 122 valence electrons. The normalized spacial score (nSPS) is 30.6. The highest BCUT2D eigenvalue weighted by Crippen LogP contribution is 2.49. The molecule has 1 spiro atoms. The second-order valence-corrected chi connectivity index (χ2v) is 9.33. The molecular formula is C15H29N3O2S. The Kier molecular flexibility index (Phi) is 4.60. The fourth-order valence-corrected chi connectivity index (χ4v) is 5.10. The zero-order valence-corrected chi connectivity index (χ0v) is 13.9. The minimum atomic E-state index is -3.03. The van der Waals surface area contributed by atoms with E-state index in [0.29, 0.717) is 5.41 Å². The van der Waals surface area contributed by atoms with Crippen LogP contribution in [0, 0.1) is 11.3 Å². The van der Waals surface area contributed by atoms with Gasteiger partial charge in [-0.15, -0.1) is 0 Å². The summed E-state index contributed by atoms with van der Waals surface area (Å²) in [6.07, 6.45) is 5.91. The zero-order valence-electron chi connectivity index (χ0n) is 13.1. The van der Waals surface area contributed by atoms with Crippen molar-refractivity contribution in [2.24, 2.45) is 11.3 Å². The van der Waals surface area contributed by atoms with Crippen LogP contribution in [-0.4, -0.2) is 57.8 Å². The van der Waals surface area contributed by atoms with Gasteiger partial charge in [0.1, 0.15) is 0 Å². The van der Waals surface area contributed by atoms with Gasteiger partial charge >= 0.3 is 0 Å². The van der Waals surface area contributed by atoms with Gasteiger partial charge in [-0.2, -0.15) is 0 Å². The van der Waals surface area contributed by atoms with Gasteiger partial charge in [0.15, 0.2) is 0 Å². The molecule has 0 bridgehead atoms. The van der Waals surface area contributed by atoms with E-state index in [0.717, 1.165) is 18.8 Å². The number of piperidine rings is 1. The van der Waals surface area contributed by atoms with E-state index in [1.54, 1.807) is 6.92 Å². The summed E-state index contributed by atoms with van der Waals surface area (Å²) in [5.74, 6) is 1.03. The molecule has 21 heavy (non-hydrogen) atoms. The van der Waals surface area contributed by atoms with E-state index in [-0.39, 0.29) is 11.8 Å². The molecule has 1 saturated carbocycles. The maximum absolute atomic E-state index is 11.6. The number of nitrogens with zero attached hydrogens (tertiary/aromatic N) is 1. The lowest BCUT2D eigenvalue weighted by Gasteiger charge is -2.52. The fourth-order valence-electron chi connectivity index (χ4n) is 4.26. The summed E-state index contributed by atoms with van der Waals surface area (Å²) in [6, 6.07) is 0.195. The molecule has 5 nitrogen and oxygen atoms in total. The fraction of sp³-hybridized carbons (Fsp3) is 1.00. The summed E-state index contributed by atoms with van der Waals surface area (Å²) < 4.78 is 26.0. The lowest BCUT2D eigenvalue weighted by atomic mass is 9.60. The van der Waals surface area contributed by atoms with Crippen LogP contribution in [0.1, 0.15) is 39.0 Å². The number of hydrogen-bond acceptors (Lipinski definition) is 4. The Hall–Kier alpha value is -0.170. The third-order valence-corrected chi connectivity index (χ3v) is 7.13. The van der Waals surface area contributed by atoms with E-state index >= 15 is 0 Å². The van der Waals surface area contributed by atoms with Crippen molar-refractivity contribution < 1.29 is 8.42 Å². The summed E-state index contributed by atoms with van der Waals surface area (Å²) in [6.45, 7) is 7.71. The lowest BCUT2D eigenvalue weighted by molar-refractivity contribution is 0.00936. The Bertz CT molecular complexity index is 444. The van der Waals surface area contributed by atoms with Crippen LogP contribution in [-0.2, 0) is 10.0 Å². The van der Waals surface area contributed by atoms with E-state index in [2.05, 4.69) is 14.9 Å². The van der Waals surface area contributed by atoms with Crippen molar-refractivity contribution in [3.63, 3.8) is 0 Å². The number of sulfonamides is 1. The standard InChI is InChI=1S/C15H29N3O2S/c1-2-21(19,20)17-14-9-15(10-14)4-7-18(8-5-15)12-13-3-6-16-11-13/h13-14,16-17H,2-12H2,1H3. The molecule has 0 amide bonds. The van der Waals surface area contributed by atoms with E-state index < -0.39 is 10.0 Å². The van der Waals surface area contributed by atoms with Crippen LogP contribution in [0.3, 0.4) is 0 Å². The Labute approximate surface area is 128 Å². The van der Waals surface area contributed by atoms with Gasteiger partial charge in [-0.3, -0.25) is 0 Å². The van der Waals surface area contributed by atoms with E-state index in [9.17, 15) is 8.42 Å². The molecule has 3 fully saturated rings. The molecule has 2 saturated heterocycles. The first-order chi connectivity index (χ1) is 10.0. The van der Waals surface area contributed by atoms with Crippen molar-refractivity contribution in [1.29, 1.82) is 0 Å². The van der Waals surface area contributed by atoms with Crippen LogP contribution in [0.15, 0.2) is 0 Å². The topological polar surface area (TPSA) is 61.4 Å². The highest BCUT2D eigenvalue weighted by Gasteiger charge is 2.46.